The second-order valence-electron chi connectivity index (χ2n) is 6.32. The lowest BCUT2D eigenvalue weighted by molar-refractivity contribution is 0.0775. The van der Waals surface area contributed by atoms with Gasteiger partial charge in [-0.05, 0) is 31.5 Å². The molecule has 2 heterocycles. The lowest BCUT2D eigenvalue weighted by Gasteiger charge is -2.23. The van der Waals surface area contributed by atoms with Crippen molar-refractivity contribution >= 4 is 18.3 Å². The van der Waals surface area contributed by atoms with Gasteiger partial charge < -0.3 is 24.4 Å². The standard InChI is InChI=1S/C17H24N2O4.ClH/c1-21-13-8-12(9-14(22-2)15(13)23-3)16(20)19-7-5-17(11-19)4-6-18-10-17;/h8-9,18H,4-7,10-11H2,1-3H3;1H. The number of carbonyl (C=O) groups is 1. The summed E-state index contributed by atoms with van der Waals surface area (Å²) >= 11 is 0. The highest BCUT2D eigenvalue weighted by atomic mass is 35.5. The first-order valence-corrected chi connectivity index (χ1v) is 7.92. The van der Waals surface area contributed by atoms with Crippen LogP contribution in [0.1, 0.15) is 23.2 Å². The number of methoxy groups -OCH3 is 3. The first kappa shape index (κ1) is 18.7. The number of benzene rings is 1. The quantitative estimate of drug-likeness (QED) is 0.893. The van der Waals surface area contributed by atoms with E-state index in [1.165, 1.54) is 0 Å². The van der Waals surface area contributed by atoms with E-state index >= 15 is 0 Å². The van der Waals surface area contributed by atoms with E-state index in [-0.39, 0.29) is 23.7 Å². The van der Waals surface area contributed by atoms with Crippen molar-refractivity contribution in [2.24, 2.45) is 5.41 Å². The molecule has 1 aromatic carbocycles. The molecule has 1 amide bonds. The van der Waals surface area contributed by atoms with Gasteiger partial charge in [0.25, 0.3) is 5.91 Å². The van der Waals surface area contributed by atoms with Gasteiger partial charge in [0.15, 0.2) is 11.5 Å². The molecule has 1 atom stereocenters. The maximum atomic E-state index is 12.9. The van der Waals surface area contributed by atoms with Crippen molar-refractivity contribution in [1.29, 1.82) is 0 Å². The van der Waals surface area contributed by atoms with Gasteiger partial charge in [-0.1, -0.05) is 0 Å². The number of likely N-dealkylation sites (tertiary alicyclic amines) is 1. The van der Waals surface area contributed by atoms with Crippen molar-refractivity contribution in [2.45, 2.75) is 12.8 Å². The second-order valence-corrected chi connectivity index (χ2v) is 6.32. The SMILES string of the molecule is COc1cc(C(=O)N2CCC3(CCNC3)C2)cc(OC)c1OC.Cl. The number of rotatable bonds is 4. The maximum Gasteiger partial charge on any atom is 0.254 e. The van der Waals surface area contributed by atoms with Crippen LogP contribution in [0.5, 0.6) is 17.2 Å². The molecule has 0 bridgehead atoms. The summed E-state index contributed by atoms with van der Waals surface area (Å²) in [4.78, 5) is 14.8. The third kappa shape index (κ3) is 3.26. The van der Waals surface area contributed by atoms with Crippen LogP contribution in [0, 0.1) is 5.41 Å². The zero-order chi connectivity index (χ0) is 16.4. The molecule has 134 valence electrons. The average molecular weight is 357 g/mol. The van der Waals surface area contributed by atoms with Crippen LogP contribution in [-0.4, -0.2) is 58.3 Å². The van der Waals surface area contributed by atoms with Crippen LogP contribution in [0.15, 0.2) is 12.1 Å². The van der Waals surface area contributed by atoms with E-state index in [0.717, 1.165) is 39.0 Å². The normalized spacial score (nSPS) is 22.4. The van der Waals surface area contributed by atoms with Gasteiger partial charge in [-0.2, -0.15) is 0 Å². The summed E-state index contributed by atoms with van der Waals surface area (Å²) in [5.41, 5.74) is 0.832. The van der Waals surface area contributed by atoms with Crippen molar-refractivity contribution in [1.82, 2.24) is 10.2 Å². The summed E-state index contributed by atoms with van der Waals surface area (Å²) in [6.07, 6.45) is 2.21. The van der Waals surface area contributed by atoms with Crippen LogP contribution < -0.4 is 19.5 Å². The van der Waals surface area contributed by atoms with E-state index in [4.69, 9.17) is 14.2 Å². The minimum Gasteiger partial charge on any atom is -0.493 e. The van der Waals surface area contributed by atoms with Crippen molar-refractivity contribution in [3.8, 4) is 17.2 Å². The summed E-state index contributed by atoms with van der Waals surface area (Å²) in [6.45, 7) is 3.67. The van der Waals surface area contributed by atoms with Crippen molar-refractivity contribution in [3.05, 3.63) is 17.7 Å². The summed E-state index contributed by atoms with van der Waals surface area (Å²) < 4.78 is 16.0. The third-order valence-corrected chi connectivity index (χ3v) is 4.97. The summed E-state index contributed by atoms with van der Waals surface area (Å²) in [7, 11) is 4.67. The highest BCUT2D eigenvalue weighted by molar-refractivity contribution is 5.96. The molecule has 0 aliphatic carbocycles. The van der Waals surface area contributed by atoms with Crippen LogP contribution in [-0.2, 0) is 0 Å². The molecule has 1 unspecified atom stereocenters. The Kier molecular flexibility index (Phi) is 5.83. The molecule has 2 aliphatic heterocycles. The van der Waals surface area contributed by atoms with E-state index in [2.05, 4.69) is 5.32 Å². The Bertz CT molecular complexity index is 577. The smallest absolute Gasteiger partial charge is 0.254 e. The fourth-order valence-corrected chi connectivity index (χ4v) is 3.64. The van der Waals surface area contributed by atoms with E-state index in [1.807, 2.05) is 4.90 Å². The molecule has 0 radical (unpaired) electrons. The van der Waals surface area contributed by atoms with Gasteiger partial charge in [-0.3, -0.25) is 4.79 Å². The van der Waals surface area contributed by atoms with E-state index in [0.29, 0.717) is 22.8 Å². The molecular weight excluding hydrogens is 332 g/mol. The van der Waals surface area contributed by atoms with Crippen LogP contribution in [0.4, 0.5) is 0 Å². The molecule has 1 aromatic rings. The fraction of sp³-hybridized carbons (Fsp3) is 0.588. The van der Waals surface area contributed by atoms with Crippen LogP contribution in [0.2, 0.25) is 0 Å². The molecule has 0 saturated carbocycles. The summed E-state index contributed by atoms with van der Waals surface area (Å²) in [5.74, 6) is 1.54. The molecule has 2 fully saturated rings. The molecule has 1 N–H and O–H groups in total. The number of hydrogen-bond donors (Lipinski definition) is 1. The van der Waals surface area contributed by atoms with Gasteiger partial charge in [-0.25, -0.2) is 0 Å². The fourth-order valence-electron chi connectivity index (χ4n) is 3.64. The van der Waals surface area contributed by atoms with Crippen LogP contribution in [0.3, 0.4) is 0 Å². The monoisotopic (exact) mass is 356 g/mol. The van der Waals surface area contributed by atoms with E-state index in [9.17, 15) is 4.79 Å². The molecule has 0 aromatic heterocycles. The van der Waals surface area contributed by atoms with Crippen molar-refractivity contribution < 1.29 is 19.0 Å². The molecule has 6 nitrogen and oxygen atoms in total. The number of ether oxygens (including phenoxy) is 3. The molecule has 2 aliphatic rings. The van der Waals surface area contributed by atoms with Gasteiger partial charge in [0, 0.05) is 30.6 Å². The Morgan fingerprint density at radius 2 is 1.79 bits per heavy atom. The molecule has 3 rings (SSSR count). The number of halogens is 1. The molecule has 7 heteroatoms. The summed E-state index contributed by atoms with van der Waals surface area (Å²) in [6, 6.07) is 3.45. The number of amides is 1. The molecular formula is C17H25ClN2O4. The van der Waals surface area contributed by atoms with E-state index in [1.54, 1.807) is 33.5 Å². The Hall–Kier alpha value is -1.66. The minimum absolute atomic E-state index is 0. The number of hydrogen-bond acceptors (Lipinski definition) is 5. The zero-order valence-corrected chi connectivity index (χ0v) is 15.2. The topological polar surface area (TPSA) is 60.0 Å². The minimum atomic E-state index is 0. The predicted molar refractivity (Wildman–Crippen MR) is 93.8 cm³/mol. The summed E-state index contributed by atoms with van der Waals surface area (Å²) in [5, 5.41) is 3.41. The van der Waals surface area contributed by atoms with Gasteiger partial charge in [0.05, 0.1) is 21.3 Å². The third-order valence-electron chi connectivity index (χ3n) is 4.97. The van der Waals surface area contributed by atoms with Gasteiger partial charge in [0.2, 0.25) is 5.75 Å². The molecule has 2 saturated heterocycles. The van der Waals surface area contributed by atoms with E-state index < -0.39 is 0 Å². The lowest BCUT2D eigenvalue weighted by atomic mass is 9.86. The number of carbonyl (C=O) groups excluding carboxylic acids is 1. The molecule has 24 heavy (non-hydrogen) atoms. The van der Waals surface area contributed by atoms with Crippen LogP contribution >= 0.6 is 12.4 Å². The average Bonchev–Trinajstić information content (AvgIpc) is 3.23. The first-order chi connectivity index (χ1) is 11.1. The largest absolute Gasteiger partial charge is 0.493 e. The Labute approximate surface area is 148 Å². The highest BCUT2D eigenvalue weighted by Gasteiger charge is 2.42. The van der Waals surface area contributed by atoms with Gasteiger partial charge in [0.1, 0.15) is 0 Å². The van der Waals surface area contributed by atoms with Crippen molar-refractivity contribution in [3.63, 3.8) is 0 Å². The predicted octanol–water partition coefficient (Wildman–Crippen LogP) is 1.96. The van der Waals surface area contributed by atoms with Gasteiger partial charge >= 0.3 is 0 Å². The maximum absolute atomic E-state index is 12.9. The van der Waals surface area contributed by atoms with Crippen molar-refractivity contribution in [2.75, 3.05) is 47.5 Å². The Morgan fingerprint density at radius 3 is 2.29 bits per heavy atom. The lowest BCUT2D eigenvalue weighted by Crippen LogP contribution is -2.33. The Morgan fingerprint density at radius 1 is 1.12 bits per heavy atom. The second kappa shape index (κ2) is 7.49. The first-order valence-electron chi connectivity index (χ1n) is 7.92. The number of nitrogens with one attached hydrogen (secondary N) is 1. The molecule has 1 spiro atoms. The van der Waals surface area contributed by atoms with Gasteiger partial charge in [-0.15, -0.1) is 12.4 Å². The Balaban J connectivity index is 0.00000208. The highest BCUT2D eigenvalue weighted by Crippen LogP contribution is 2.40. The zero-order valence-electron chi connectivity index (χ0n) is 14.4. The van der Waals surface area contributed by atoms with Crippen LogP contribution in [0.25, 0.3) is 0 Å². The number of nitrogens with zero attached hydrogens (tertiary/aromatic N) is 1.